The summed E-state index contributed by atoms with van der Waals surface area (Å²) in [5.74, 6) is 0.782. The highest BCUT2D eigenvalue weighted by molar-refractivity contribution is 8.18. The summed E-state index contributed by atoms with van der Waals surface area (Å²) in [5, 5.41) is 3.86. The lowest BCUT2D eigenvalue weighted by molar-refractivity contribution is -0.115. The molecule has 0 radical (unpaired) electrons. The van der Waals surface area contributed by atoms with Crippen LogP contribution in [-0.2, 0) is 11.2 Å². The number of benzene rings is 2. The van der Waals surface area contributed by atoms with Gasteiger partial charge >= 0.3 is 0 Å². The number of rotatable bonds is 2. The van der Waals surface area contributed by atoms with E-state index in [0.717, 1.165) is 24.3 Å². The molecule has 120 valence electrons. The maximum absolute atomic E-state index is 12.2. The lowest BCUT2D eigenvalue weighted by Gasteiger charge is -2.00. The molecule has 24 heavy (non-hydrogen) atoms. The lowest BCUT2D eigenvalue weighted by atomic mass is 10.1. The Labute approximate surface area is 148 Å². The van der Waals surface area contributed by atoms with Crippen LogP contribution in [0.4, 0.5) is 5.69 Å². The van der Waals surface area contributed by atoms with Gasteiger partial charge in [0.15, 0.2) is 5.17 Å². The van der Waals surface area contributed by atoms with Gasteiger partial charge < -0.3 is 10.1 Å². The predicted octanol–water partition coefficient (Wildman–Crippen LogP) is 4.17. The molecule has 0 spiro atoms. The van der Waals surface area contributed by atoms with Gasteiger partial charge in [-0.05, 0) is 53.2 Å². The Bertz CT molecular complexity index is 892. The molecule has 2 aromatic carbocycles. The molecule has 2 heterocycles. The number of fused-ring (bicyclic) bond motifs is 1. The second-order valence-corrected chi connectivity index (χ2v) is 6.84. The van der Waals surface area contributed by atoms with Gasteiger partial charge in [0.2, 0.25) is 0 Å². The smallest absolute Gasteiger partial charge is 0.264 e. The third kappa shape index (κ3) is 3.05. The van der Waals surface area contributed by atoms with E-state index in [1.165, 1.54) is 17.3 Å². The van der Waals surface area contributed by atoms with Gasteiger partial charge in [0.25, 0.3) is 5.91 Å². The molecule has 4 rings (SSSR count). The summed E-state index contributed by atoms with van der Waals surface area (Å²) in [6.45, 7) is 0.721. The minimum absolute atomic E-state index is 0.150. The van der Waals surface area contributed by atoms with Crippen LogP contribution in [-0.4, -0.2) is 17.7 Å². The van der Waals surface area contributed by atoms with Gasteiger partial charge in [-0.2, -0.15) is 0 Å². The molecule has 0 saturated carbocycles. The van der Waals surface area contributed by atoms with E-state index in [0.29, 0.717) is 20.8 Å². The van der Waals surface area contributed by atoms with Crippen LogP contribution in [0.15, 0.2) is 52.4 Å². The van der Waals surface area contributed by atoms with Gasteiger partial charge in [0.05, 0.1) is 22.2 Å². The van der Waals surface area contributed by atoms with Crippen LogP contribution >= 0.6 is 23.4 Å². The maximum atomic E-state index is 12.2. The van der Waals surface area contributed by atoms with Crippen LogP contribution in [0.3, 0.4) is 0 Å². The number of thioether (sulfide) groups is 1. The highest BCUT2D eigenvalue weighted by atomic mass is 35.5. The number of hydrogen-bond acceptors (Lipinski definition) is 4. The summed E-state index contributed by atoms with van der Waals surface area (Å²) in [6.07, 6.45) is 2.78. The van der Waals surface area contributed by atoms with Crippen molar-refractivity contribution in [1.29, 1.82) is 0 Å². The number of amides is 1. The maximum Gasteiger partial charge on any atom is 0.264 e. The third-order valence-corrected chi connectivity index (χ3v) is 4.97. The highest BCUT2D eigenvalue weighted by Gasteiger charge is 2.24. The number of amidine groups is 1. The SMILES string of the molecule is O=C1NC(=Nc2ccccc2Cl)S/C1=C\c1ccc2c(c1)CCO2. The number of carbonyl (C=O) groups is 1. The Morgan fingerprint density at radius 1 is 1.25 bits per heavy atom. The number of halogens is 1. The number of aliphatic imine (C=N–C) groups is 1. The van der Waals surface area contributed by atoms with Crippen molar-refractivity contribution in [2.24, 2.45) is 4.99 Å². The number of nitrogens with zero attached hydrogens (tertiary/aromatic N) is 1. The Balaban J connectivity index is 1.59. The molecule has 6 heteroatoms. The zero-order chi connectivity index (χ0) is 16.5. The highest BCUT2D eigenvalue weighted by Crippen LogP contribution is 2.32. The number of carbonyl (C=O) groups excluding carboxylic acids is 1. The summed E-state index contributed by atoms with van der Waals surface area (Å²) in [6, 6.07) is 13.2. The topological polar surface area (TPSA) is 50.7 Å². The molecule has 1 saturated heterocycles. The van der Waals surface area contributed by atoms with E-state index >= 15 is 0 Å². The number of nitrogens with one attached hydrogen (secondary N) is 1. The van der Waals surface area contributed by atoms with E-state index in [1.807, 2.05) is 36.4 Å². The van der Waals surface area contributed by atoms with Crippen molar-refractivity contribution in [2.75, 3.05) is 6.61 Å². The van der Waals surface area contributed by atoms with Gasteiger partial charge in [-0.15, -0.1) is 0 Å². The van der Waals surface area contributed by atoms with Crippen LogP contribution in [0, 0.1) is 0 Å². The molecular formula is C18H13ClN2O2S. The Kier molecular flexibility index (Phi) is 4.04. The van der Waals surface area contributed by atoms with Gasteiger partial charge in [-0.3, -0.25) is 4.79 Å². The first kappa shape index (κ1) is 15.3. The zero-order valence-electron chi connectivity index (χ0n) is 12.6. The van der Waals surface area contributed by atoms with Crippen LogP contribution in [0.5, 0.6) is 5.75 Å². The summed E-state index contributed by atoms with van der Waals surface area (Å²) in [7, 11) is 0. The fraction of sp³-hybridized carbons (Fsp3) is 0.111. The van der Waals surface area contributed by atoms with Gasteiger partial charge in [-0.1, -0.05) is 29.8 Å². The molecule has 0 unspecified atom stereocenters. The summed E-state index contributed by atoms with van der Waals surface area (Å²) < 4.78 is 5.50. The van der Waals surface area contributed by atoms with E-state index < -0.39 is 0 Å². The first-order valence-electron chi connectivity index (χ1n) is 7.49. The normalized spacial score (nSPS) is 19.5. The second-order valence-electron chi connectivity index (χ2n) is 5.40. The quantitative estimate of drug-likeness (QED) is 0.822. The van der Waals surface area contributed by atoms with E-state index in [-0.39, 0.29) is 5.91 Å². The zero-order valence-corrected chi connectivity index (χ0v) is 14.2. The van der Waals surface area contributed by atoms with Gasteiger partial charge in [0, 0.05) is 6.42 Å². The van der Waals surface area contributed by atoms with Crippen LogP contribution < -0.4 is 10.1 Å². The van der Waals surface area contributed by atoms with E-state index in [1.54, 1.807) is 6.07 Å². The molecule has 0 aliphatic carbocycles. The lowest BCUT2D eigenvalue weighted by Crippen LogP contribution is -2.19. The molecule has 0 atom stereocenters. The van der Waals surface area contributed by atoms with Crippen molar-refractivity contribution in [3.63, 3.8) is 0 Å². The second kappa shape index (κ2) is 6.34. The van der Waals surface area contributed by atoms with Crippen molar-refractivity contribution in [3.8, 4) is 5.75 Å². The molecule has 4 nitrogen and oxygen atoms in total. The van der Waals surface area contributed by atoms with Gasteiger partial charge in [-0.25, -0.2) is 4.99 Å². The summed E-state index contributed by atoms with van der Waals surface area (Å²) in [5.41, 5.74) is 2.80. The average Bonchev–Trinajstić information content (AvgIpc) is 3.16. The number of hydrogen-bond donors (Lipinski definition) is 1. The van der Waals surface area contributed by atoms with Crippen molar-refractivity contribution in [3.05, 3.63) is 63.5 Å². The van der Waals surface area contributed by atoms with Crippen molar-refractivity contribution < 1.29 is 9.53 Å². The first-order valence-corrected chi connectivity index (χ1v) is 8.68. The molecule has 1 fully saturated rings. The fourth-order valence-electron chi connectivity index (χ4n) is 2.58. The van der Waals surface area contributed by atoms with Gasteiger partial charge in [0.1, 0.15) is 5.75 Å². The van der Waals surface area contributed by atoms with Crippen molar-refractivity contribution in [1.82, 2.24) is 5.32 Å². The average molecular weight is 357 g/mol. The molecule has 0 aromatic heterocycles. The van der Waals surface area contributed by atoms with Crippen LogP contribution in [0.25, 0.3) is 6.08 Å². The number of ether oxygens (including phenoxy) is 1. The Hall–Kier alpha value is -2.24. The molecule has 2 aliphatic rings. The Morgan fingerprint density at radius 3 is 3.00 bits per heavy atom. The fourth-order valence-corrected chi connectivity index (χ4v) is 3.59. The van der Waals surface area contributed by atoms with Crippen LogP contribution in [0.2, 0.25) is 5.02 Å². The number of para-hydroxylation sites is 1. The van der Waals surface area contributed by atoms with Crippen molar-refractivity contribution in [2.45, 2.75) is 6.42 Å². The van der Waals surface area contributed by atoms with E-state index in [2.05, 4.69) is 16.4 Å². The molecule has 2 aromatic rings. The molecule has 2 aliphatic heterocycles. The van der Waals surface area contributed by atoms with E-state index in [4.69, 9.17) is 16.3 Å². The summed E-state index contributed by atoms with van der Waals surface area (Å²) >= 11 is 7.41. The third-order valence-electron chi connectivity index (χ3n) is 3.74. The summed E-state index contributed by atoms with van der Waals surface area (Å²) in [4.78, 5) is 17.2. The standard InChI is InChI=1S/C18H13ClN2O2S/c19-13-3-1-2-4-14(13)20-18-21-17(22)16(24-18)10-11-5-6-15-12(9-11)7-8-23-15/h1-6,9-10H,7-8H2,(H,20,21,22)/b16-10-. The van der Waals surface area contributed by atoms with Crippen LogP contribution in [0.1, 0.15) is 11.1 Å². The Morgan fingerprint density at radius 2 is 2.12 bits per heavy atom. The van der Waals surface area contributed by atoms with E-state index in [9.17, 15) is 4.79 Å². The molecule has 1 N–H and O–H groups in total. The first-order chi connectivity index (χ1) is 11.7. The van der Waals surface area contributed by atoms with Crippen molar-refractivity contribution >= 4 is 46.2 Å². The molecular weight excluding hydrogens is 344 g/mol. The molecule has 0 bridgehead atoms. The predicted molar refractivity (Wildman–Crippen MR) is 97.9 cm³/mol. The molecule has 1 amide bonds. The monoisotopic (exact) mass is 356 g/mol. The largest absolute Gasteiger partial charge is 0.493 e. The minimum atomic E-state index is -0.150. The minimum Gasteiger partial charge on any atom is -0.493 e.